The van der Waals surface area contributed by atoms with Gasteiger partial charge < -0.3 is 9.73 Å². The standard InChI is InChI=1S/C21H12F3N3O4/c22-21(23,24)15-5-3-4-13(10-15)19-9-8-16(31-19)11-14(12-25)20(28)26-17-6-1-2-7-18(17)27(29)30/h1-11H,(H,26,28)/b14-11+. The Morgan fingerprint density at radius 1 is 1.13 bits per heavy atom. The van der Waals surface area contributed by atoms with E-state index in [0.29, 0.717) is 0 Å². The molecule has 0 aliphatic rings. The fraction of sp³-hybridized carbons (Fsp3) is 0.0476. The summed E-state index contributed by atoms with van der Waals surface area (Å²) in [6, 6.07) is 14.3. The van der Waals surface area contributed by atoms with Gasteiger partial charge in [-0.15, -0.1) is 0 Å². The zero-order chi connectivity index (χ0) is 22.6. The Morgan fingerprint density at radius 2 is 1.87 bits per heavy atom. The zero-order valence-corrected chi connectivity index (χ0v) is 15.5. The molecule has 10 heteroatoms. The molecule has 3 rings (SSSR count). The van der Waals surface area contributed by atoms with Crippen LogP contribution >= 0.6 is 0 Å². The molecule has 0 spiro atoms. The number of carbonyl (C=O) groups is 1. The maximum Gasteiger partial charge on any atom is 0.416 e. The molecular formula is C21H12F3N3O4. The molecule has 0 radical (unpaired) electrons. The summed E-state index contributed by atoms with van der Waals surface area (Å²) in [5.74, 6) is -0.760. The van der Waals surface area contributed by atoms with E-state index in [1.165, 1.54) is 48.5 Å². The summed E-state index contributed by atoms with van der Waals surface area (Å²) in [4.78, 5) is 22.7. The predicted molar refractivity (Wildman–Crippen MR) is 104 cm³/mol. The van der Waals surface area contributed by atoms with Gasteiger partial charge in [0.05, 0.1) is 10.5 Å². The molecule has 1 heterocycles. The highest BCUT2D eigenvalue weighted by Gasteiger charge is 2.30. The monoisotopic (exact) mass is 427 g/mol. The van der Waals surface area contributed by atoms with Gasteiger partial charge in [0, 0.05) is 17.7 Å². The van der Waals surface area contributed by atoms with Crippen LogP contribution in [0.4, 0.5) is 24.5 Å². The van der Waals surface area contributed by atoms with Gasteiger partial charge in [0.2, 0.25) is 0 Å². The van der Waals surface area contributed by atoms with Crippen molar-refractivity contribution in [3.05, 3.63) is 87.7 Å². The van der Waals surface area contributed by atoms with Gasteiger partial charge in [-0.3, -0.25) is 14.9 Å². The van der Waals surface area contributed by atoms with E-state index in [0.717, 1.165) is 18.2 Å². The fourth-order valence-corrected chi connectivity index (χ4v) is 2.65. The minimum atomic E-state index is -4.52. The van der Waals surface area contributed by atoms with Crippen LogP contribution in [0.25, 0.3) is 17.4 Å². The van der Waals surface area contributed by atoms with Crippen LogP contribution in [0.5, 0.6) is 0 Å². The van der Waals surface area contributed by atoms with Crippen molar-refractivity contribution in [3.63, 3.8) is 0 Å². The number of nitro benzene ring substituents is 1. The Labute approximate surface area is 173 Å². The maximum atomic E-state index is 12.9. The third-order valence-electron chi connectivity index (χ3n) is 4.10. The van der Waals surface area contributed by atoms with Crippen LogP contribution in [0, 0.1) is 21.4 Å². The number of rotatable bonds is 5. The molecule has 2 aromatic carbocycles. The number of nitriles is 1. The molecule has 7 nitrogen and oxygen atoms in total. The van der Waals surface area contributed by atoms with Gasteiger partial charge in [0.15, 0.2) is 0 Å². The largest absolute Gasteiger partial charge is 0.457 e. The molecule has 0 atom stereocenters. The first kappa shape index (κ1) is 21.3. The lowest BCUT2D eigenvalue weighted by Crippen LogP contribution is -2.14. The van der Waals surface area contributed by atoms with E-state index >= 15 is 0 Å². The molecule has 3 aromatic rings. The van der Waals surface area contributed by atoms with Crippen molar-refractivity contribution in [3.8, 4) is 17.4 Å². The number of anilines is 1. The first-order valence-electron chi connectivity index (χ1n) is 8.63. The zero-order valence-electron chi connectivity index (χ0n) is 15.5. The van der Waals surface area contributed by atoms with Crippen LogP contribution in [0.2, 0.25) is 0 Å². The van der Waals surface area contributed by atoms with E-state index in [-0.39, 0.29) is 28.5 Å². The molecule has 0 fully saturated rings. The summed E-state index contributed by atoms with van der Waals surface area (Å²) < 4.78 is 44.1. The molecule has 0 saturated heterocycles. The fourth-order valence-electron chi connectivity index (χ4n) is 2.65. The number of carbonyl (C=O) groups excluding carboxylic acids is 1. The van der Waals surface area contributed by atoms with Crippen molar-refractivity contribution in [2.75, 3.05) is 5.32 Å². The predicted octanol–water partition coefficient (Wildman–Crippen LogP) is 5.42. The third kappa shape index (κ3) is 4.97. The van der Waals surface area contributed by atoms with Gasteiger partial charge in [-0.25, -0.2) is 0 Å². The third-order valence-corrected chi connectivity index (χ3v) is 4.10. The molecule has 0 bridgehead atoms. The highest BCUT2D eigenvalue weighted by Crippen LogP contribution is 2.33. The Kier molecular flexibility index (Phi) is 5.88. The van der Waals surface area contributed by atoms with Gasteiger partial charge in [0.25, 0.3) is 11.6 Å². The molecule has 0 aliphatic heterocycles. The second kappa shape index (κ2) is 8.54. The molecule has 1 N–H and O–H groups in total. The van der Waals surface area contributed by atoms with E-state index in [2.05, 4.69) is 5.32 Å². The van der Waals surface area contributed by atoms with Crippen LogP contribution in [0.15, 0.2) is 70.7 Å². The van der Waals surface area contributed by atoms with Crippen molar-refractivity contribution in [1.29, 1.82) is 5.26 Å². The summed E-state index contributed by atoms with van der Waals surface area (Å²) in [5.41, 5.74) is -1.54. The molecule has 1 aromatic heterocycles. The SMILES string of the molecule is N#C/C(=C\c1ccc(-c2cccc(C(F)(F)F)c2)o1)C(=O)Nc1ccccc1[N+](=O)[O-]. The number of nitrogens with zero attached hydrogens (tertiary/aromatic N) is 2. The van der Waals surface area contributed by atoms with E-state index < -0.39 is 28.1 Å². The first-order valence-corrected chi connectivity index (χ1v) is 8.63. The summed E-state index contributed by atoms with van der Waals surface area (Å²) >= 11 is 0. The number of hydrogen-bond acceptors (Lipinski definition) is 5. The molecule has 156 valence electrons. The highest BCUT2D eigenvalue weighted by atomic mass is 19.4. The number of alkyl halides is 3. The Hall–Kier alpha value is -4.39. The summed E-state index contributed by atoms with van der Waals surface area (Å²) in [6.07, 6.45) is -3.43. The Morgan fingerprint density at radius 3 is 2.55 bits per heavy atom. The van der Waals surface area contributed by atoms with Crippen molar-refractivity contribution in [2.24, 2.45) is 0 Å². The smallest absolute Gasteiger partial charge is 0.416 e. The van der Waals surface area contributed by atoms with Gasteiger partial charge >= 0.3 is 6.18 Å². The van der Waals surface area contributed by atoms with Crippen LogP contribution in [-0.2, 0) is 11.0 Å². The number of hydrogen-bond donors (Lipinski definition) is 1. The summed E-state index contributed by atoms with van der Waals surface area (Å²) in [5, 5.41) is 22.6. The van der Waals surface area contributed by atoms with E-state index in [9.17, 15) is 33.3 Å². The van der Waals surface area contributed by atoms with Gasteiger partial charge in [-0.2, -0.15) is 18.4 Å². The number of nitro groups is 1. The average molecular weight is 427 g/mol. The number of halogens is 3. The molecule has 0 unspecified atom stereocenters. The molecule has 0 aliphatic carbocycles. The van der Waals surface area contributed by atoms with Gasteiger partial charge in [0.1, 0.15) is 28.9 Å². The molecule has 31 heavy (non-hydrogen) atoms. The lowest BCUT2D eigenvalue weighted by Gasteiger charge is -2.07. The summed E-state index contributed by atoms with van der Waals surface area (Å²) in [7, 11) is 0. The number of amides is 1. The molecule has 0 saturated carbocycles. The number of para-hydroxylation sites is 2. The second-order valence-electron chi connectivity index (χ2n) is 6.18. The second-order valence-corrected chi connectivity index (χ2v) is 6.18. The average Bonchev–Trinajstić information content (AvgIpc) is 3.20. The lowest BCUT2D eigenvalue weighted by atomic mass is 10.1. The van der Waals surface area contributed by atoms with E-state index in [1.54, 1.807) is 6.07 Å². The van der Waals surface area contributed by atoms with Crippen molar-refractivity contribution in [1.82, 2.24) is 0 Å². The number of benzene rings is 2. The van der Waals surface area contributed by atoms with Crippen LogP contribution in [-0.4, -0.2) is 10.8 Å². The number of furan rings is 1. The van der Waals surface area contributed by atoms with Crippen LogP contribution in [0.1, 0.15) is 11.3 Å². The maximum absolute atomic E-state index is 12.9. The topological polar surface area (TPSA) is 109 Å². The van der Waals surface area contributed by atoms with Gasteiger partial charge in [-0.05, 0) is 30.3 Å². The molecular weight excluding hydrogens is 415 g/mol. The normalized spacial score (nSPS) is 11.6. The van der Waals surface area contributed by atoms with Crippen LogP contribution < -0.4 is 5.32 Å². The highest BCUT2D eigenvalue weighted by molar-refractivity contribution is 6.10. The van der Waals surface area contributed by atoms with E-state index in [1.807, 2.05) is 0 Å². The minimum Gasteiger partial charge on any atom is -0.457 e. The van der Waals surface area contributed by atoms with Crippen molar-refractivity contribution >= 4 is 23.4 Å². The van der Waals surface area contributed by atoms with E-state index in [4.69, 9.17) is 4.42 Å². The first-order chi connectivity index (χ1) is 14.7. The number of nitrogens with one attached hydrogen (secondary N) is 1. The molecule has 1 amide bonds. The minimum absolute atomic E-state index is 0.0432. The van der Waals surface area contributed by atoms with Gasteiger partial charge in [-0.1, -0.05) is 24.3 Å². The lowest BCUT2D eigenvalue weighted by molar-refractivity contribution is -0.383. The van der Waals surface area contributed by atoms with Crippen molar-refractivity contribution in [2.45, 2.75) is 6.18 Å². The Balaban J connectivity index is 1.85. The Bertz CT molecular complexity index is 1220. The van der Waals surface area contributed by atoms with Crippen molar-refractivity contribution < 1.29 is 27.3 Å². The summed E-state index contributed by atoms with van der Waals surface area (Å²) in [6.45, 7) is 0. The van der Waals surface area contributed by atoms with Crippen LogP contribution in [0.3, 0.4) is 0 Å². The quantitative estimate of drug-likeness (QED) is 0.253.